The molecule has 0 fully saturated rings. The van der Waals surface area contributed by atoms with Crippen LogP contribution in [0.1, 0.15) is 0 Å². The average Bonchev–Trinajstić information content (AvgIpc) is 2.25. The zero-order valence-corrected chi connectivity index (χ0v) is 9.43. The smallest absolute Gasteiger partial charge is 0.307 e. The SMILES string of the molecule is NN(c1ccc([N+](=O)[O-])cc1[N+](=O)[O-])P(=O)(O)O. The summed E-state index contributed by atoms with van der Waals surface area (Å²) in [6.45, 7) is 0. The van der Waals surface area contributed by atoms with E-state index in [1.807, 2.05) is 0 Å². The molecule has 11 nitrogen and oxygen atoms in total. The molecular formula is C6H7N4O7P. The molecule has 0 spiro atoms. The summed E-state index contributed by atoms with van der Waals surface area (Å²) in [5, 5.41) is 21.1. The highest BCUT2D eigenvalue weighted by molar-refractivity contribution is 7.53. The summed E-state index contributed by atoms with van der Waals surface area (Å²) in [7, 11) is -4.95. The Bertz CT molecular complexity index is 555. The molecule has 12 heteroatoms. The van der Waals surface area contributed by atoms with Crippen molar-refractivity contribution < 1.29 is 24.2 Å². The van der Waals surface area contributed by atoms with Gasteiger partial charge in [-0.05, 0) is 6.07 Å². The summed E-state index contributed by atoms with van der Waals surface area (Å²) >= 11 is 0. The second kappa shape index (κ2) is 4.66. The average molecular weight is 278 g/mol. The lowest BCUT2D eigenvalue weighted by molar-refractivity contribution is -0.393. The molecule has 0 saturated carbocycles. The molecule has 98 valence electrons. The van der Waals surface area contributed by atoms with E-state index in [9.17, 15) is 24.8 Å². The van der Waals surface area contributed by atoms with Gasteiger partial charge in [-0.15, -0.1) is 0 Å². The summed E-state index contributed by atoms with van der Waals surface area (Å²) in [6.07, 6.45) is 0. The Morgan fingerprint density at radius 3 is 2.17 bits per heavy atom. The third-order valence-electron chi connectivity index (χ3n) is 1.89. The van der Waals surface area contributed by atoms with E-state index in [0.717, 1.165) is 12.1 Å². The van der Waals surface area contributed by atoms with E-state index in [1.54, 1.807) is 0 Å². The van der Waals surface area contributed by atoms with Crippen molar-refractivity contribution in [3.63, 3.8) is 0 Å². The molecule has 0 heterocycles. The zero-order valence-electron chi connectivity index (χ0n) is 8.53. The predicted molar refractivity (Wildman–Crippen MR) is 58.5 cm³/mol. The third-order valence-corrected chi connectivity index (χ3v) is 2.67. The Kier molecular flexibility index (Phi) is 3.62. The van der Waals surface area contributed by atoms with Crippen LogP contribution in [0.25, 0.3) is 0 Å². The number of non-ortho nitro benzene ring substituents is 1. The minimum atomic E-state index is -4.95. The molecular weight excluding hydrogens is 271 g/mol. The largest absolute Gasteiger partial charge is 0.444 e. The number of nitrogens with two attached hydrogens (primary N) is 1. The molecule has 0 atom stereocenters. The van der Waals surface area contributed by atoms with Crippen LogP contribution in [-0.4, -0.2) is 19.6 Å². The maximum absolute atomic E-state index is 10.9. The first kappa shape index (κ1) is 14.0. The fourth-order valence-corrected chi connectivity index (χ4v) is 1.56. The molecule has 4 N–H and O–H groups in total. The fraction of sp³-hybridized carbons (Fsp3) is 0. The van der Waals surface area contributed by atoms with Crippen LogP contribution >= 0.6 is 7.75 Å². The Morgan fingerprint density at radius 1 is 1.22 bits per heavy atom. The van der Waals surface area contributed by atoms with Crippen molar-refractivity contribution in [3.05, 3.63) is 38.4 Å². The molecule has 1 rings (SSSR count). The Morgan fingerprint density at radius 2 is 1.78 bits per heavy atom. The number of nitrogens with zero attached hydrogens (tertiary/aromatic N) is 3. The van der Waals surface area contributed by atoms with E-state index in [-0.39, 0.29) is 4.78 Å². The van der Waals surface area contributed by atoms with Gasteiger partial charge >= 0.3 is 13.4 Å². The number of anilines is 1. The highest BCUT2D eigenvalue weighted by Gasteiger charge is 2.30. The monoisotopic (exact) mass is 278 g/mol. The van der Waals surface area contributed by atoms with E-state index in [2.05, 4.69) is 0 Å². The van der Waals surface area contributed by atoms with Crippen LogP contribution in [0.2, 0.25) is 0 Å². The van der Waals surface area contributed by atoms with Gasteiger partial charge in [-0.3, -0.25) is 20.2 Å². The summed E-state index contributed by atoms with van der Waals surface area (Å²) in [6, 6.07) is 2.19. The number of hydrogen-bond donors (Lipinski definition) is 3. The normalized spacial score (nSPS) is 11.1. The molecule has 0 amide bonds. The van der Waals surface area contributed by atoms with Crippen molar-refractivity contribution in [1.29, 1.82) is 0 Å². The van der Waals surface area contributed by atoms with Gasteiger partial charge in [0.15, 0.2) is 0 Å². The summed E-state index contributed by atoms with van der Waals surface area (Å²) < 4.78 is 10.7. The number of nitro benzene ring substituents is 2. The maximum atomic E-state index is 10.9. The zero-order chi connectivity index (χ0) is 14.1. The van der Waals surface area contributed by atoms with E-state index in [0.29, 0.717) is 6.07 Å². The van der Waals surface area contributed by atoms with E-state index in [1.165, 1.54) is 0 Å². The lowest BCUT2D eigenvalue weighted by Gasteiger charge is -2.18. The van der Waals surface area contributed by atoms with Crippen LogP contribution in [0.3, 0.4) is 0 Å². The topological polar surface area (TPSA) is 173 Å². The van der Waals surface area contributed by atoms with Gasteiger partial charge in [0.05, 0.1) is 15.9 Å². The fourth-order valence-electron chi connectivity index (χ4n) is 1.11. The number of rotatable bonds is 4. The quantitative estimate of drug-likeness (QED) is 0.302. The molecule has 0 aliphatic heterocycles. The van der Waals surface area contributed by atoms with Gasteiger partial charge in [-0.1, -0.05) is 0 Å². The second-order valence-electron chi connectivity index (χ2n) is 3.05. The molecule has 1 aromatic carbocycles. The first-order valence-electron chi connectivity index (χ1n) is 4.18. The van der Waals surface area contributed by atoms with Crippen molar-refractivity contribution >= 4 is 24.8 Å². The van der Waals surface area contributed by atoms with Crippen LogP contribution in [0.4, 0.5) is 17.1 Å². The van der Waals surface area contributed by atoms with Gasteiger partial charge in [0.2, 0.25) is 0 Å². The molecule has 0 aliphatic carbocycles. The third kappa shape index (κ3) is 2.78. The van der Waals surface area contributed by atoms with Crippen molar-refractivity contribution in [1.82, 2.24) is 0 Å². The van der Waals surface area contributed by atoms with Crippen LogP contribution in [0.15, 0.2) is 18.2 Å². The Balaban J connectivity index is 3.42. The van der Waals surface area contributed by atoms with Gasteiger partial charge < -0.3 is 9.79 Å². The predicted octanol–water partition coefficient (Wildman–Crippen LogP) is 0.276. The van der Waals surface area contributed by atoms with E-state index >= 15 is 0 Å². The van der Waals surface area contributed by atoms with E-state index < -0.39 is 34.7 Å². The van der Waals surface area contributed by atoms with Gasteiger partial charge in [-0.25, -0.2) is 15.2 Å². The number of hydrazine groups is 1. The molecule has 0 radical (unpaired) electrons. The summed E-state index contributed by atoms with van der Waals surface area (Å²) in [5.41, 5.74) is -2.10. The van der Waals surface area contributed by atoms with E-state index in [4.69, 9.17) is 15.6 Å². The standard InChI is InChI=1S/C6H7N4O7P/c7-8(18(15,16)17)5-2-1-4(9(11)12)3-6(5)10(13)14/h1-3H,7H2,(H2,15,16,17). The highest BCUT2D eigenvalue weighted by Crippen LogP contribution is 2.44. The van der Waals surface area contributed by atoms with Gasteiger partial charge in [0, 0.05) is 6.07 Å². The van der Waals surface area contributed by atoms with Crippen LogP contribution < -0.4 is 10.6 Å². The lowest BCUT2D eigenvalue weighted by Crippen LogP contribution is -2.27. The molecule has 0 aromatic heterocycles. The molecule has 0 bridgehead atoms. The van der Waals surface area contributed by atoms with Gasteiger partial charge in [0.1, 0.15) is 5.69 Å². The number of benzene rings is 1. The van der Waals surface area contributed by atoms with Crippen LogP contribution in [0.5, 0.6) is 0 Å². The molecule has 0 unspecified atom stereocenters. The molecule has 0 saturated heterocycles. The van der Waals surface area contributed by atoms with Gasteiger partial charge in [0.25, 0.3) is 5.69 Å². The van der Waals surface area contributed by atoms with Crippen molar-refractivity contribution in [3.8, 4) is 0 Å². The first-order valence-corrected chi connectivity index (χ1v) is 5.75. The summed E-state index contributed by atoms with van der Waals surface area (Å²) in [5.74, 6) is 5.03. The Hall–Kier alpha value is -2.07. The lowest BCUT2D eigenvalue weighted by atomic mass is 10.2. The van der Waals surface area contributed by atoms with Crippen molar-refractivity contribution in [2.45, 2.75) is 0 Å². The number of hydrogen-bond acceptors (Lipinski definition) is 6. The number of nitro groups is 2. The van der Waals surface area contributed by atoms with Gasteiger partial charge in [-0.2, -0.15) is 0 Å². The molecule has 18 heavy (non-hydrogen) atoms. The van der Waals surface area contributed by atoms with Crippen LogP contribution in [0, 0.1) is 20.2 Å². The molecule has 1 aromatic rings. The Labute approximate surface area is 98.9 Å². The van der Waals surface area contributed by atoms with Crippen LogP contribution in [-0.2, 0) is 4.57 Å². The first-order chi connectivity index (χ1) is 8.14. The minimum Gasteiger partial charge on any atom is -0.307 e. The maximum Gasteiger partial charge on any atom is 0.444 e. The summed E-state index contributed by atoms with van der Waals surface area (Å²) in [4.78, 5) is 36.8. The highest BCUT2D eigenvalue weighted by atomic mass is 31.2. The minimum absolute atomic E-state index is 0.116. The van der Waals surface area contributed by atoms with Crippen molar-refractivity contribution in [2.75, 3.05) is 4.78 Å². The van der Waals surface area contributed by atoms with Crippen molar-refractivity contribution in [2.24, 2.45) is 5.84 Å². The second-order valence-corrected chi connectivity index (χ2v) is 4.50. The molecule has 0 aliphatic rings.